The Morgan fingerprint density at radius 2 is 1.60 bits per heavy atom. The van der Waals surface area contributed by atoms with Gasteiger partial charge >= 0.3 is 221 Å². The van der Waals surface area contributed by atoms with Gasteiger partial charge in [0, 0.05) is 6.20 Å². The predicted octanol–water partition coefficient (Wildman–Crippen LogP) is 8.76. The van der Waals surface area contributed by atoms with E-state index < -0.39 is 0 Å². The van der Waals surface area contributed by atoms with Crippen LogP contribution in [-0.2, 0) is 38.4 Å². The summed E-state index contributed by atoms with van der Waals surface area (Å²) in [5, 5.41) is 0. The van der Waals surface area contributed by atoms with Crippen LogP contribution < -0.4 is 9.64 Å². The molecule has 1 aliphatic heterocycles. The average molecular weight is 744 g/mol. The van der Waals surface area contributed by atoms with Crippen molar-refractivity contribution in [3.05, 3.63) is 124 Å². The molecule has 2 aromatic heterocycles. The first kappa shape index (κ1) is 27.6. The van der Waals surface area contributed by atoms with Crippen LogP contribution in [0.1, 0.15) is 37.5 Å². The third-order valence-corrected chi connectivity index (χ3v) is 9.32. The van der Waals surface area contributed by atoms with E-state index in [1.165, 1.54) is 22.3 Å². The molecule has 218 valence electrons. The summed E-state index contributed by atoms with van der Waals surface area (Å²) in [5.41, 5.74) is 10.0. The molecule has 1 aliphatic rings. The van der Waals surface area contributed by atoms with E-state index in [0.29, 0.717) is 18.0 Å². The summed E-state index contributed by atoms with van der Waals surface area (Å²) in [4.78, 5) is 6.95. The molecule has 0 fully saturated rings. The summed E-state index contributed by atoms with van der Waals surface area (Å²) in [6, 6.07) is 36.8. The van der Waals surface area contributed by atoms with Crippen LogP contribution in [0, 0.1) is 22.9 Å². The van der Waals surface area contributed by atoms with E-state index in [2.05, 4.69) is 153 Å². The van der Waals surface area contributed by atoms with E-state index in [1.807, 2.05) is 18.3 Å². The first-order valence-electron chi connectivity index (χ1n) is 14.4. The van der Waals surface area contributed by atoms with Crippen LogP contribution >= 0.6 is 0 Å². The molecule has 7 rings (SSSR count). The molecule has 0 saturated heterocycles. The summed E-state index contributed by atoms with van der Waals surface area (Å²) >= 11 is 2.39. The molecule has 4 aromatic carbocycles. The number of imidazole rings is 1. The van der Waals surface area contributed by atoms with Gasteiger partial charge in [0.15, 0.2) is 0 Å². The number of benzene rings is 4. The number of anilines is 2. The first-order chi connectivity index (χ1) is 20.7. The zero-order chi connectivity index (χ0) is 29.9. The zero-order valence-corrected chi connectivity index (χ0v) is 27.2. The normalized spacial score (nSPS) is 12.8. The fraction of sp³-hybridized carbons (Fsp3) is 0.189. The van der Waals surface area contributed by atoms with Gasteiger partial charge in [-0.05, 0) is 18.6 Å². The van der Waals surface area contributed by atoms with E-state index in [9.17, 15) is 0 Å². The Morgan fingerprint density at radius 1 is 0.837 bits per heavy atom. The molecule has 0 radical (unpaired) electrons. The number of ether oxygens (including phenoxy) is 1. The summed E-state index contributed by atoms with van der Waals surface area (Å²) in [5.74, 6) is 2.20. The molecule has 0 amide bonds. The maximum atomic E-state index is 6.62. The van der Waals surface area contributed by atoms with Gasteiger partial charge in [-0.2, -0.15) is 0 Å². The second kappa shape index (κ2) is 10.5. The number of nitrogens with zero attached hydrogens (tertiary/aromatic N) is 4. The molecule has 0 atom stereocenters. The summed E-state index contributed by atoms with van der Waals surface area (Å²) in [7, 11) is 2.10. The van der Waals surface area contributed by atoms with Crippen molar-refractivity contribution in [2.24, 2.45) is 7.05 Å². The van der Waals surface area contributed by atoms with Gasteiger partial charge < -0.3 is 0 Å². The molecule has 6 heteroatoms. The van der Waals surface area contributed by atoms with Crippen molar-refractivity contribution in [3.63, 3.8) is 0 Å². The van der Waals surface area contributed by atoms with Gasteiger partial charge in [0.25, 0.3) is 0 Å². The zero-order valence-electron chi connectivity index (χ0n) is 24.9. The number of rotatable bonds is 4. The van der Waals surface area contributed by atoms with E-state index in [4.69, 9.17) is 9.72 Å². The van der Waals surface area contributed by atoms with E-state index in [-0.39, 0.29) is 5.41 Å². The molecule has 3 heterocycles. The molecule has 0 N–H and O–H groups in total. The van der Waals surface area contributed by atoms with Gasteiger partial charge in [-0.3, -0.25) is 0 Å². The topological polar surface area (TPSA) is 35.2 Å². The van der Waals surface area contributed by atoms with Crippen LogP contribution in [0.25, 0.3) is 27.8 Å². The Labute approximate surface area is 263 Å². The molecular weight excluding hydrogens is 712 g/mol. The van der Waals surface area contributed by atoms with Crippen LogP contribution in [-0.4, -0.2) is 14.1 Å². The van der Waals surface area contributed by atoms with Crippen LogP contribution in [0.15, 0.2) is 91.1 Å². The molecule has 0 bridgehead atoms. The fourth-order valence-corrected chi connectivity index (χ4v) is 6.56. The van der Waals surface area contributed by atoms with Crippen LogP contribution in [0.3, 0.4) is 0 Å². The van der Waals surface area contributed by atoms with Crippen molar-refractivity contribution in [3.8, 4) is 28.3 Å². The Bertz CT molecular complexity index is 2080. The standard InChI is InChI=1S/C37H32N4O.Pt/c1-25-16-17-38-36(18-25)40-23-26-10-6-7-11-31(26)32-15-14-29(22-35(32)40)42-30-20-27(37(2,3)4)19-28(21-30)41-24-39(5)33-12-8-9-13-34(33)41;/h6-20H,23H2,1-5H3;/q-2;. The molecule has 6 aromatic rings. The van der Waals surface area contributed by atoms with Crippen LogP contribution in [0.5, 0.6) is 11.5 Å². The summed E-state index contributed by atoms with van der Waals surface area (Å²) < 4.78 is 12.2. The Hall–Kier alpha value is -4.21. The molecule has 0 aliphatic carbocycles. The van der Waals surface area contributed by atoms with Crippen molar-refractivity contribution in [2.45, 2.75) is 39.7 Å². The van der Waals surface area contributed by atoms with Crippen molar-refractivity contribution in [1.29, 1.82) is 0 Å². The van der Waals surface area contributed by atoms with Gasteiger partial charge in [0.1, 0.15) is 0 Å². The first-order valence-corrected chi connectivity index (χ1v) is 15.5. The molecule has 0 unspecified atom stereocenters. The number of hydrogen-bond acceptors (Lipinski definition) is 3. The number of aromatic nitrogens is 3. The number of pyridine rings is 1. The van der Waals surface area contributed by atoms with Gasteiger partial charge in [-0.25, -0.2) is 0 Å². The Kier molecular flexibility index (Phi) is 6.74. The van der Waals surface area contributed by atoms with Crippen molar-refractivity contribution in [1.82, 2.24) is 14.1 Å². The number of aryl methyl sites for hydroxylation is 2. The quantitative estimate of drug-likeness (QED) is 0.170. The van der Waals surface area contributed by atoms with Crippen LogP contribution in [0.4, 0.5) is 11.5 Å². The monoisotopic (exact) mass is 743 g/mol. The summed E-state index contributed by atoms with van der Waals surface area (Å²) in [6.45, 7) is 9.49. The van der Waals surface area contributed by atoms with Gasteiger partial charge in [-0.1, -0.05) is 18.2 Å². The minimum absolute atomic E-state index is 0.0877. The van der Waals surface area contributed by atoms with E-state index >= 15 is 0 Å². The second-order valence-corrected chi connectivity index (χ2v) is 13.1. The molecular formula is C37H32N4OPt-2. The van der Waals surface area contributed by atoms with Gasteiger partial charge in [-0.15, -0.1) is 0 Å². The van der Waals surface area contributed by atoms with E-state index in [0.717, 1.165) is 37.6 Å². The number of fused-ring (bicyclic) bond motifs is 4. The SMILES string of the molecule is Cc1ccnc(N2Cc3ccccc3-c3ccc(Oc4[c-]c(-n5[c](=[Pt])n(C)c6ccccc65)cc(C(C)(C)C)c4)[c-]c32)c1. The average Bonchev–Trinajstić information content (AvgIpc) is 3.25. The second-order valence-electron chi connectivity index (χ2n) is 12.1. The Morgan fingerprint density at radius 3 is 2.40 bits per heavy atom. The molecule has 0 spiro atoms. The number of para-hydroxylation sites is 2. The van der Waals surface area contributed by atoms with Crippen LogP contribution in [0.2, 0.25) is 0 Å². The number of hydrogen-bond donors (Lipinski definition) is 0. The molecule has 5 nitrogen and oxygen atoms in total. The van der Waals surface area contributed by atoms with E-state index in [1.54, 1.807) is 0 Å². The van der Waals surface area contributed by atoms with Crippen molar-refractivity contribution < 1.29 is 24.1 Å². The third kappa shape index (κ3) is 4.96. The third-order valence-electron chi connectivity index (χ3n) is 8.05. The molecule has 43 heavy (non-hydrogen) atoms. The minimum atomic E-state index is -0.0877. The fourth-order valence-electron chi connectivity index (χ4n) is 5.74. The Balaban J connectivity index is 1.35. The van der Waals surface area contributed by atoms with Gasteiger partial charge in [0.05, 0.1) is 0 Å². The molecule has 0 saturated carbocycles. The van der Waals surface area contributed by atoms with Crippen molar-refractivity contribution >= 4 is 22.5 Å². The van der Waals surface area contributed by atoms with Crippen molar-refractivity contribution in [2.75, 3.05) is 4.90 Å². The summed E-state index contributed by atoms with van der Waals surface area (Å²) in [6.07, 6.45) is 1.87. The predicted molar refractivity (Wildman–Crippen MR) is 169 cm³/mol. The maximum absolute atomic E-state index is 6.62. The van der Waals surface area contributed by atoms with Gasteiger partial charge in [0.2, 0.25) is 0 Å².